The summed E-state index contributed by atoms with van der Waals surface area (Å²) in [7, 11) is 0. The Morgan fingerprint density at radius 2 is 2.26 bits per heavy atom. The molecule has 1 unspecified atom stereocenters. The van der Waals surface area contributed by atoms with Crippen LogP contribution in [0.25, 0.3) is 10.8 Å². The van der Waals surface area contributed by atoms with Gasteiger partial charge in [-0.3, -0.25) is 0 Å². The second kappa shape index (κ2) is 5.58. The number of likely N-dealkylation sites (tertiary alicyclic amines) is 1. The van der Waals surface area contributed by atoms with Crippen LogP contribution in [0, 0.1) is 0 Å². The molecule has 3 heterocycles. The van der Waals surface area contributed by atoms with Crippen LogP contribution in [0.5, 0.6) is 0 Å². The molecule has 1 atom stereocenters. The number of thiophene rings is 1. The van der Waals surface area contributed by atoms with Crippen molar-refractivity contribution in [3.63, 3.8) is 0 Å². The summed E-state index contributed by atoms with van der Waals surface area (Å²) in [5, 5.41) is 6.49. The van der Waals surface area contributed by atoms with E-state index in [0.717, 1.165) is 24.5 Å². The van der Waals surface area contributed by atoms with E-state index in [2.05, 4.69) is 15.0 Å². The minimum absolute atomic E-state index is 0.214. The van der Waals surface area contributed by atoms with E-state index in [1.165, 1.54) is 24.2 Å². The molecule has 1 saturated heterocycles. The van der Waals surface area contributed by atoms with Gasteiger partial charge in [-0.15, -0.1) is 11.3 Å². The SMILES string of the molecule is NC(CN1CCCC1)c1noc(-c2sccc2Cl)n1. The van der Waals surface area contributed by atoms with E-state index in [4.69, 9.17) is 21.9 Å². The van der Waals surface area contributed by atoms with Gasteiger partial charge in [0, 0.05) is 6.54 Å². The molecule has 0 radical (unpaired) electrons. The van der Waals surface area contributed by atoms with Crippen LogP contribution in [-0.2, 0) is 0 Å². The summed E-state index contributed by atoms with van der Waals surface area (Å²) >= 11 is 7.52. The Balaban J connectivity index is 1.72. The molecule has 1 aliphatic rings. The van der Waals surface area contributed by atoms with Crippen LogP contribution < -0.4 is 5.73 Å². The number of nitrogens with zero attached hydrogens (tertiary/aromatic N) is 3. The zero-order chi connectivity index (χ0) is 13.2. The first-order valence-corrected chi connectivity index (χ1v) is 7.54. The predicted molar refractivity (Wildman–Crippen MR) is 75.2 cm³/mol. The highest BCUT2D eigenvalue weighted by Gasteiger charge is 2.21. The number of hydrogen-bond donors (Lipinski definition) is 1. The van der Waals surface area contributed by atoms with Crippen molar-refractivity contribution in [1.29, 1.82) is 0 Å². The summed E-state index contributed by atoms with van der Waals surface area (Å²) in [4.78, 5) is 7.48. The topological polar surface area (TPSA) is 68.2 Å². The fourth-order valence-electron chi connectivity index (χ4n) is 2.25. The van der Waals surface area contributed by atoms with Gasteiger partial charge in [0.2, 0.25) is 0 Å². The summed E-state index contributed by atoms with van der Waals surface area (Å²) in [5.74, 6) is 0.998. The molecule has 0 aliphatic carbocycles. The molecule has 0 amide bonds. The van der Waals surface area contributed by atoms with Crippen LogP contribution in [0.3, 0.4) is 0 Å². The normalized spacial score (nSPS) is 18.0. The summed E-state index contributed by atoms with van der Waals surface area (Å²) in [6.07, 6.45) is 2.49. The zero-order valence-electron chi connectivity index (χ0n) is 10.4. The molecule has 2 aromatic heterocycles. The lowest BCUT2D eigenvalue weighted by atomic mass is 10.3. The highest BCUT2D eigenvalue weighted by molar-refractivity contribution is 7.14. The number of hydrogen-bond acceptors (Lipinski definition) is 6. The first-order valence-electron chi connectivity index (χ1n) is 6.29. The molecule has 0 saturated carbocycles. The van der Waals surface area contributed by atoms with E-state index >= 15 is 0 Å². The van der Waals surface area contributed by atoms with Gasteiger partial charge in [-0.25, -0.2) is 0 Å². The van der Waals surface area contributed by atoms with Crippen molar-refractivity contribution in [3.05, 3.63) is 22.3 Å². The fraction of sp³-hybridized carbons (Fsp3) is 0.500. The molecule has 19 heavy (non-hydrogen) atoms. The van der Waals surface area contributed by atoms with Crippen LogP contribution in [0.4, 0.5) is 0 Å². The van der Waals surface area contributed by atoms with E-state index in [9.17, 15) is 0 Å². The van der Waals surface area contributed by atoms with Crippen molar-refractivity contribution in [3.8, 4) is 10.8 Å². The number of rotatable bonds is 4. The standard InChI is InChI=1S/C12H15ClN4OS/c13-8-3-6-19-10(8)12-15-11(16-18-12)9(14)7-17-4-1-2-5-17/h3,6,9H,1-2,4-5,7,14H2. The van der Waals surface area contributed by atoms with Crippen molar-refractivity contribution in [2.24, 2.45) is 5.73 Å². The van der Waals surface area contributed by atoms with Crippen molar-refractivity contribution in [1.82, 2.24) is 15.0 Å². The van der Waals surface area contributed by atoms with Gasteiger partial charge in [0.15, 0.2) is 5.82 Å². The molecule has 0 spiro atoms. The van der Waals surface area contributed by atoms with Gasteiger partial charge in [-0.1, -0.05) is 16.8 Å². The van der Waals surface area contributed by atoms with Crippen molar-refractivity contribution in [2.45, 2.75) is 18.9 Å². The maximum atomic E-state index is 6.12. The van der Waals surface area contributed by atoms with Crippen molar-refractivity contribution < 1.29 is 4.52 Å². The number of nitrogens with two attached hydrogens (primary N) is 1. The quantitative estimate of drug-likeness (QED) is 0.939. The third kappa shape index (κ3) is 2.81. The molecule has 1 fully saturated rings. The minimum atomic E-state index is -0.214. The Hall–Kier alpha value is -0.950. The zero-order valence-corrected chi connectivity index (χ0v) is 12.0. The minimum Gasteiger partial charge on any atom is -0.333 e. The average molecular weight is 299 g/mol. The van der Waals surface area contributed by atoms with Crippen LogP contribution in [-0.4, -0.2) is 34.7 Å². The number of aromatic nitrogens is 2. The van der Waals surface area contributed by atoms with Crippen LogP contribution in [0.15, 0.2) is 16.0 Å². The maximum absolute atomic E-state index is 6.12. The molecule has 102 valence electrons. The first-order chi connectivity index (χ1) is 9.24. The lowest BCUT2D eigenvalue weighted by molar-refractivity contribution is 0.306. The van der Waals surface area contributed by atoms with Gasteiger partial charge in [-0.2, -0.15) is 4.98 Å². The molecule has 7 heteroatoms. The van der Waals surface area contributed by atoms with Crippen LogP contribution >= 0.6 is 22.9 Å². The summed E-state index contributed by atoms with van der Waals surface area (Å²) in [6, 6.07) is 1.60. The van der Waals surface area contributed by atoms with Crippen LogP contribution in [0.2, 0.25) is 5.02 Å². The second-order valence-electron chi connectivity index (χ2n) is 4.67. The Morgan fingerprint density at radius 3 is 2.95 bits per heavy atom. The van der Waals surface area contributed by atoms with Crippen LogP contribution in [0.1, 0.15) is 24.7 Å². The predicted octanol–water partition coefficient (Wildman–Crippen LogP) is 2.55. The first kappa shape index (κ1) is 13.1. The molecule has 3 rings (SSSR count). The van der Waals surface area contributed by atoms with Gasteiger partial charge in [0.05, 0.1) is 11.1 Å². The Morgan fingerprint density at radius 1 is 1.47 bits per heavy atom. The molecule has 0 bridgehead atoms. The Labute approximate surface area is 120 Å². The lowest BCUT2D eigenvalue weighted by Gasteiger charge is -2.17. The monoisotopic (exact) mass is 298 g/mol. The van der Waals surface area contributed by atoms with E-state index in [1.807, 2.05) is 11.4 Å². The highest BCUT2D eigenvalue weighted by Crippen LogP contribution is 2.32. The van der Waals surface area contributed by atoms with Gasteiger partial charge in [0.1, 0.15) is 4.88 Å². The summed E-state index contributed by atoms with van der Waals surface area (Å²) < 4.78 is 5.24. The van der Waals surface area contributed by atoms with E-state index < -0.39 is 0 Å². The van der Waals surface area contributed by atoms with E-state index in [0.29, 0.717) is 16.7 Å². The molecule has 1 aliphatic heterocycles. The average Bonchev–Trinajstić information content (AvgIpc) is 3.08. The molecule has 2 N–H and O–H groups in total. The molecular formula is C12H15ClN4OS. The second-order valence-corrected chi connectivity index (χ2v) is 5.99. The third-order valence-corrected chi connectivity index (χ3v) is 4.57. The van der Waals surface area contributed by atoms with E-state index in [1.54, 1.807) is 0 Å². The molecule has 0 aromatic carbocycles. The molecule has 2 aromatic rings. The van der Waals surface area contributed by atoms with Gasteiger partial charge >= 0.3 is 0 Å². The Kier molecular flexibility index (Phi) is 3.83. The molecular weight excluding hydrogens is 284 g/mol. The highest BCUT2D eigenvalue weighted by atomic mass is 35.5. The van der Waals surface area contributed by atoms with Gasteiger partial charge in [-0.05, 0) is 37.4 Å². The fourth-order valence-corrected chi connectivity index (χ4v) is 3.31. The van der Waals surface area contributed by atoms with Crippen molar-refractivity contribution >= 4 is 22.9 Å². The number of halogens is 1. The largest absolute Gasteiger partial charge is 0.333 e. The third-order valence-electron chi connectivity index (χ3n) is 3.24. The molecule has 5 nitrogen and oxygen atoms in total. The van der Waals surface area contributed by atoms with Gasteiger partial charge < -0.3 is 15.2 Å². The maximum Gasteiger partial charge on any atom is 0.269 e. The Bertz CT molecular complexity index is 549. The van der Waals surface area contributed by atoms with E-state index in [-0.39, 0.29) is 6.04 Å². The smallest absolute Gasteiger partial charge is 0.269 e. The van der Waals surface area contributed by atoms with Gasteiger partial charge in [0.25, 0.3) is 5.89 Å². The van der Waals surface area contributed by atoms with Crippen molar-refractivity contribution in [2.75, 3.05) is 19.6 Å². The lowest BCUT2D eigenvalue weighted by Crippen LogP contribution is -2.30. The summed E-state index contributed by atoms with van der Waals surface area (Å²) in [5.41, 5.74) is 6.12. The summed E-state index contributed by atoms with van der Waals surface area (Å²) in [6.45, 7) is 2.99.